The van der Waals surface area contributed by atoms with Crippen molar-refractivity contribution in [3.63, 3.8) is 0 Å². The average Bonchev–Trinajstić information content (AvgIpc) is 2.87. The van der Waals surface area contributed by atoms with Gasteiger partial charge >= 0.3 is 6.03 Å². The lowest BCUT2D eigenvalue weighted by Crippen LogP contribution is -2.44. The Kier molecular flexibility index (Phi) is 5.47. The van der Waals surface area contributed by atoms with Crippen molar-refractivity contribution in [2.75, 3.05) is 13.2 Å². The van der Waals surface area contributed by atoms with Gasteiger partial charge < -0.3 is 20.7 Å². The van der Waals surface area contributed by atoms with Crippen LogP contribution in [0.3, 0.4) is 0 Å². The van der Waals surface area contributed by atoms with E-state index in [1.807, 2.05) is 31.3 Å². The summed E-state index contributed by atoms with van der Waals surface area (Å²) >= 11 is 6.00. The summed E-state index contributed by atoms with van der Waals surface area (Å²) in [5.41, 5.74) is 2.15. The Morgan fingerprint density at radius 2 is 2.29 bits per heavy atom. The normalized spacial score (nSPS) is 12.3. The zero-order chi connectivity index (χ0) is 15.2. The van der Waals surface area contributed by atoms with E-state index >= 15 is 0 Å². The number of urea groups is 1. The van der Waals surface area contributed by atoms with E-state index in [2.05, 4.69) is 15.6 Å². The van der Waals surface area contributed by atoms with E-state index in [9.17, 15) is 4.79 Å². The maximum Gasteiger partial charge on any atom is 0.315 e. The first kappa shape index (κ1) is 15.7. The molecule has 0 saturated heterocycles. The second-order valence-corrected chi connectivity index (χ2v) is 5.38. The molecular formula is C15H20ClN3O2. The summed E-state index contributed by atoms with van der Waals surface area (Å²) in [4.78, 5) is 14.8. The van der Waals surface area contributed by atoms with Crippen LogP contribution in [0.5, 0.6) is 0 Å². The number of rotatable bonds is 6. The van der Waals surface area contributed by atoms with Gasteiger partial charge in [0.25, 0.3) is 0 Å². The van der Waals surface area contributed by atoms with E-state index in [0.29, 0.717) is 24.4 Å². The van der Waals surface area contributed by atoms with Crippen molar-refractivity contribution in [2.24, 2.45) is 0 Å². The van der Waals surface area contributed by atoms with Crippen molar-refractivity contribution in [1.82, 2.24) is 15.6 Å². The van der Waals surface area contributed by atoms with E-state index in [1.165, 1.54) is 0 Å². The highest BCUT2D eigenvalue weighted by molar-refractivity contribution is 6.31. The third-order valence-corrected chi connectivity index (χ3v) is 3.69. The number of amides is 2. The first-order valence-corrected chi connectivity index (χ1v) is 7.42. The highest BCUT2D eigenvalue weighted by atomic mass is 35.5. The van der Waals surface area contributed by atoms with E-state index in [0.717, 1.165) is 16.5 Å². The monoisotopic (exact) mass is 309 g/mol. The van der Waals surface area contributed by atoms with Crippen LogP contribution in [0, 0.1) is 0 Å². The number of carbonyl (C=O) groups is 1. The molecule has 5 nitrogen and oxygen atoms in total. The van der Waals surface area contributed by atoms with Gasteiger partial charge in [-0.25, -0.2) is 4.79 Å². The molecule has 1 aromatic heterocycles. The van der Waals surface area contributed by atoms with Crippen molar-refractivity contribution in [2.45, 2.75) is 25.8 Å². The quantitative estimate of drug-likeness (QED) is 0.661. The summed E-state index contributed by atoms with van der Waals surface area (Å²) in [6.07, 6.45) is 3.34. The summed E-state index contributed by atoms with van der Waals surface area (Å²) in [5, 5.41) is 16.3. The van der Waals surface area contributed by atoms with Crippen LogP contribution in [0.4, 0.5) is 4.79 Å². The second kappa shape index (κ2) is 7.33. The molecule has 4 N–H and O–H groups in total. The summed E-state index contributed by atoms with van der Waals surface area (Å²) in [5.74, 6) is 0. The highest BCUT2D eigenvalue weighted by Gasteiger charge is 2.09. The number of aromatic nitrogens is 1. The molecule has 0 aliphatic rings. The van der Waals surface area contributed by atoms with Gasteiger partial charge in [-0.3, -0.25) is 0 Å². The highest BCUT2D eigenvalue weighted by Crippen LogP contribution is 2.22. The topological polar surface area (TPSA) is 77.2 Å². The Hall–Kier alpha value is -1.72. The number of fused-ring (bicyclic) bond motifs is 1. The van der Waals surface area contributed by atoms with Gasteiger partial charge in [0.15, 0.2) is 0 Å². The van der Waals surface area contributed by atoms with Gasteiger partial charge in [-0.15, -0.1) is 0 Å². The zero-order valence-electron chi connectivity index (χ0n) is 11.9. The van der Waals surface area contributed by atoms with Gasteiger partial charge in [0.1, 0.15) is 0 Å². The number of nitrogens with one attached hydrogen (secondary N) is 3. The molecule has 0 fully saturated rings. The molecule has 6 heteroatoms. The largest absolute Gasteiger partial charge is 0.394 e. The Morgan fingerprint density at radius 3 is 3.00 bits per heavy atom. The van der Waals surface area contributed by atoms with Crippen LogP contribution in [0.15, 0.2) is 24.4 Å². The summed E-state index contributed by atoms with van der Waals surface area (Å²) in [6.45, 7) is 2.38. The van der Waals surface area contributed by atoms with Gasteiger partial charge in [-0.05, 0) is 36.6 Å². The molecule has 0 aliphatic carbocycles. The van der Waals surface area contributed by atoms with Crippen LogP contribution in [0.2, 0.25) is 5.02 Å². The molecule has 2 aromatic rings. The third-order valence-electron chi connectivity index (χ3n) is 3.46. The fourth-order valence-electron chi connectivity index (χ4n) is 2.18. The van der Waals surface area contributed by atoms with E-state index in [4.69, 9.17) is 16.7 Å². The molecule has 0 spiro atoms. The number of benzene rings is 1. The number of hydrogen-bond acceptors (Lipinski definition) is 2. The molecule has 21 heavy (non-hydrogen) atoms. The Labute approximate surface area is 128 Å². The van der Waals surface area contributed by atoms with Crippen LogP contribution in [0.25, 0.3) is 10.9 Å². The van der Waals surface area contributed by atoms with Crippen molar-refractivity contribution in [3.05, 3.63) is 35.0 Å². The molecule has 1 atom stereocenters. The number of H-pyrrole nitrogens is 1. The predicted molar refractivity (Wildman–Crippen MR) is 84.7 cm³/mol. The SMILES string of the molecule is CCC(CO)NC(=O)NCCc1c[nH]c2ccc(Cl)cc12. The van der Waals surface area contributed by atoms with Crippen LogP contribution >= 0.6 is 11.6 Å². The minimum atomic E-state index is -0.256. The molecule has 1 aromatic carbocycles. The lowest BCUT2D eigenvalue weighted by Gasteiger charge is -2.14. The van der Waals surface area contributed by atoms with Gasteiger partial charge in [0.05, 0.1) is 12.6 Å². The van der Waals surface area contributed by atoms with Gasteiger partial charge in [0, 0.05) is 28.7 Å². The van der Waals surface area contributed by atoms with E-state index < -0.39 is 0 Å². The Morgan fingerprint density at radius 1 is 1.48 bits per heavy atom. The Bertz CT molecular complexity index is 608. The standard InChI is InChI=1S/C15H20ClN3O2/c1-2-12(9-20)19-15(21)17-6-5-10-8-18-14-4-3-11(16)7-13(10)14/h3-4,7-8,12,18,20H,2,5-6,9H2,1H3,(H2,17,19,21). The predicted octanol–water partition coefficient (Wildman–Crippen LogP) is 2.43. The molecule has 1 heterocycles. The first-order chi connectivity index (χ1) is 10.1. The first-order valence-electron chi connectivity index (χ1n) is 7.04. The molecule has 2 amide bonds. The Balaban J connectivity index is 1.87. The second-order valence-electron chi connectivity index (χ2n) is 4.94. The van der Waals surface area contributed by atoms with Crippen LogP contribution in [0.1, 0.15) is 18.9 Å². The van der Waals surface area contributed by atoms with Crippen molar-refractivity contribution in [1.29, 1.82) is 0 Å². The maximum atomic E-state index is 11.7. The smallest absolute Gasteiger partial charge is 0.315 e. The number of carbonyl (C=O) groups excluding carboxylic acids is 1. The summed E-state index contributed by atoms with van der Waals surface area (Å²) < 4.78 is 0. The molecule has 114 valence electrons. The molecule has 1 unspecified atom stereocenters. The van der Waals surface area contributed by atoms with E-state index in [-0.39, 0.29) is 18.7 Å². The van der Waals surface area contributed by atoms with Crippen molar-refractivity contribution in [3.8, 4) is 0 Å². The fraction of sp³-hybridized carbons (Fsp3) is 0.400. The summed E-state index contributed by atoms with van der Waals surface area (Å²) in [7, 11) is 0. The number of aromatic amines is 1. The molecule has 2 rings (SSSR count). The minimum absolute atomic E-state index is 0.0507. The number of aliphatic hydroxyl groups excluding tert-OH is 1. The fourth-order valence-corrected chi connectivity index (χ4v) is 2.35. The summed E-state index contributed by atoms with van der Waals surface area (Å²) in [6, 6.07) is 5.25. The average molecular weight is 310 g/mol. The van der Waals surface area contributed by atoms with Crippen LogP contribution in [-0.2, 0) is 6.42 Å². The maximum absolute atomic E-state index is 11.7. The van der Waals surface area contributed by atoms with Gasteiger partial charge in [0.2, 0.25) is 0 Å². The number of aliphatic hydroxyl groups is 1. The molecular weight excluding hydrogens is 290 g/mol. The molecule has 0 aliphatic heterocycles. The van der Waals surface area contributed by atoms with Gasteiger partial charge in [-0.1, -0.05) is 18.5 Å². The van der Waals surface area contributed by atoms with Crippen LogP contribution < -0.4 is 10.6 Å². The molecule has 0 radical (unpaired) electrons. The molecule has 0 bridgehead atoms. The van der Waals surface area contributed by atoms with Gasteiger partial charge in [-0.2, -0.15) is 0 Å². The number of halogens is 1. The van der Waals surface area contributed by atoms with Crippen LogP contribution in [-0.4, -0.2) is 35.3 Å². The zero-order valence-corrected chi connectivity index (χ0v) is 12.7. The molecule has 0 saturated carbocycles. The lowest BCUT2D eigenvalue weighted by atomic mass is 10.1. The number of hydrogen-bond donors (Lipinski definition) is 4. The minimum Gasteiger partial charge on any atom is -0.394 e. The van der Waals surface area contributed by atoms with Crippen molar-refractivity contribution >= 4 is 28.5 Å². The lowest BCUT2D eigenvalue weighted by molar-refractivity contribution is 0.214. The van der Waals surface area contributed by atoms with E-state index in [1.54, 1.807) is 0 Å². The third kappa shape index (κ3) is 4.12. The van der Waals surface area contributed by atoms with Crippen molar-refractivity contribution < 1.29 is 9.90 Å².